The molecular weight excluding hydrogens is 216 g/mol. The van der Waals surface area contributed by atoms with E-state index in [2.05, 4.69) is 5.32 Å². The molecule has 0 spiro atoms. The Morgan fingerprint density at radius 3 is 3.00 bits per heavy atom. The zero-order valence-electron chi connectivity index (χ0n) is 9.81. The number of hydrogen-bond acceptors (Lipinski definition) is 3. The minimum absolute atomic E-state index is 0.0896. The smallest absolute Gasteiger partial charge is 0.220 e. The molecule has 0 radical (unpaired) electrons. The van der Waals surface area contributed by atoms with Crippen LogP contribution in [0, 0.1) is 11.3 Å². The maximum atomic E-state index is 11.4. The van der Waals surface area contributed by atoms with Gasteiger partial charge >= 0.3 is 0 Å². The van der Waals surface area contributed by atoms with Crippen molar-refractivity contribution in [2.45, 2.75) is 32.4 Å². The minimum atomic E-state index is -0.456. The van der Waals surface area contributed by atoms with Crippen LogP contribution in [0.5, 0.6) is 0 Å². The first-order valence-electron chi connectivity index (χ1n) is 5.55. The first-order valence-corrected chi connectivity index (χ1v) is 5.55. The number of carbonyl (C=O) groups excluding carboxylic acids is 1. The maximum absolute atomic E-state index is 11.4. The van der Waals surface area contributed by atoms with E-state index in [4.69, 9.17) is 10.4 Å². The highest BCUT2D eigenvalue weighted by atomic mass is 16.3. The fraction of sp³-hybridized carbons (Fsp3) is 0.385. The maximum Gasteiger partial charge on any atom is 0.220 e. The lowest BCUT2D eigenvalue weighted by Crippen LogP contribution is -2.23. The molecule has 0 heterocycles. The number of amides is 1. The predicted molar refractivity (Wildman–Crippen MR) is 63.9 cm³/mol. The van der Waals surface area contributed by atoms with E-state index in [0.717, 1.165) is 5.56 Å². The molecule has 1 unspecified atom stereocenters. The second-order valence-electron chi connectivity index (χ2n) is 3.98. The standard InChI is InChI=1S/C13H16N2O2/c1-10(16)5-6-13(17)15-9-12-4-2-3-11(7-12)8-14/h2-4,7,10,16H,5-6,9H2,1H3,(H,15,17). The number of benzene rings is 1. The summed E-state index contributed by atoms with van der Waals surface area (Å²) >= 11 is 0. The third-order valence-corrected chi connectivity index (χ3v) is 2.33. The summed E-state index contributed by atoms with van der Waals surface area (Å²) in [6, 6.07) is 9.16. The van der Waals surface area contributed by atoms with Crippen molar-refractivity contribution in [2.24, 2.45) is 0 Å². The lowest BCUT2D eigenvalue weighted by molar-refractivity contribution is -0.121. The molecule has 0 aliphatic heterocycles. The molecule has 0 aliphatic carbocycles. The van der Waals surface area contributed by atoms with Crippen molar-refractivity contribution in [3.8, 4) is 6.07 Å². The van der Waals surface area contributed by atoms with Crippen LogP contribution in [-0.2, 0) is 11.3 Å². The molecule has 1 aromatic carbocycles. The first kappa shape index (κ1) is 13.2. The fourth-order valence-corrected chi connectivity index (χ4v) is 1.38. The Kier molecular flexibility index (Phi) is 5.18. The van der Waals surface area contributed by atoms with E-state index in [1.807, 2.05) is 12.1 Å². The van der Waals surface area contributed by atoms with Gasteiger partial charge in [0.1, 0.15) is 0 Å². The molecule has 0 aliphatic rings. The highest BCUT2D eigenvalue weighted by molar-refractivity contribution is 5.75. The highest BCUT2D eigenvalue weighted by Gasteiger charge is 2.04. The van der Waals surface area contributed by atoms with Crippen LogP contribution < -0.4 is 5.32 Å². The predicted octanol–water partition coefficient (Wildman–Crippen LogP) is 1.34. The van der Waals surface area contributed by atoms with Gasteiger partial charge in [0.05, 0.1) is 17.7 Å². The molecule has 1 amide bonds. The molecule has 17 heavy (non-hydrogen) atoms. The number of aliphatic hydroxyl groups is 1. The van der Waals surface area contributed by atoms with Gasteiger partial charge in [0, 0.05) is 13.0 Å². The van der Waals surface area contributed by atoms with Gasteiger partial charge in [0.2, 0.25) is 5.91 Å². The zero-order valence-corrected chi connectivity index (χ0v) is 9.81. The van der Waals surface area contributed by atoms with E-state index < -0.39 is 6.10 Å². The summed E-state index contributed by atoms with van der Waals surface area (Å²) in [6.45, 7) is 2.07. The first-order chi connectivity index (χ1) is 8.11. The van der Waals surface area contributed by atoms with Crippen LogP contribution in [0.15, 0.2) is 24.3 Å². The Balaban J connectivity index is 2.40. The third kappa shape index (κ3) is 5.14. The monoisotopic (exact) mass is 232 g/mol. The van der Waals surface area contributed by atoms with E-state index in [1.165, 1.54) is 0 Å². The van der Waals surface area contributed by atoms with Gasteiger partial charge in [0.25, 0.3) is 0 Å². The largest absolute Gasteiger partial charge is 0.393 e. The Morgan fingerprint density at radius 1 is 1.59 bits per heavy atom. The average molecular weight is 232 g/mol. The zero-order chi connectivity index (χ0) is 12.7. The van der Waals surface area contributed by atoms with Gasteiger partial charge in [-0.3, -0.25) is 4.79 Å². The van der Waals surface area contributed by atoms with Crippen molar-refractivity contribution in [3.05, 3.63) is 35.4 Å². The summed E-state index contributed by atoms with van der Waals surface area (Å²) in [5, 5.41) is 20.5. The van der Waals surface area contributed by atoms with Crippen molar-refractivity contribution in [3.63, 3.8) is 0 Å². The van der Waals surface area contributed by atoms with Crippen molar-refractivity contribution in [1.82, 2.24) is 5.32 Å². The summed E-state index contributed by atoms with van der Waals surface area (Å²) in [6.07, 6.45) is 0.322. The Labute approximate surface area is 101 Å². The minimum Gasteiger partial charge on any atom is -0.393 e. The Bertz CT molecular complexity index is 422. The third-order valence-electron chi connectivity index (χ3n) is 2.33. The molecule has 1 rings (SSSR count). The normalized spacial score (nSPS) is 11.6. The molecular formula is C13H16N2O2. The fourth-order valence-electron chi connectivity index (χ4n) is 1.38. The van der Waals surface area contributed by atoms with Gasteiger partial charge < -0.3 is 10.4 Å². The van der Waals surface area contributed by atoms with Crippen molar-refractivity contribution >= 4 is 5.91 Å². The Morgan fingerprint density at radius 2 is 2.35 bits per heavy atom. The lowest BCUT2D eigenvalue weighted by atomic mass is 10.1. The van der Waals surface area contributed by atoms with Crippen molar-refractivity contribution < 1.29 is 9.90 Å². The quantitative estimate of drug-likeness (QED) is 0.804. The number of carbonyl (C=O) groups is 1. The van der Waals surface area contributed by atoms with Gasteiger partial charge in [-0.05, 0) is 31.0 Å². The molecule has 90 valence electrons. The summed E-state index contributed by atoms with van der Waals surface area (Å²) < 4.78 is 0. The highest BCUT2D eigenvalue weighted by Crippen LogP contribution is 2.04. The summed E-state index contributed by atoms with van der Waals surface area (Å²) in [5.74, 6) is -0.0896. The van der Waals surface area contributed by atoms with E-state index in [1.54, 1.807) is 25.1 Å². The van der Waals surface area contributed by atoms with Crippen LogP contribution in [0.1, 0.15) is 30.9 Å². The van der Waals surface area contributed by atoms with E-state index in [0.29, 0.717) is 24.9 Å². The molecule has 4 nitrogen and oxygen atoms in total. The molecule has 0 saturated heterocycles. The van der Waals surface area contributed by atoms with Gasteiger partial charge in [-0.2, -0.15) is 5.26 Å². The van der Waals surface area contributed by atoms with Gasteiger partial charge in [-0.1, -0.05) is 12.1 Å². The second kappa shape index (κ2) is 6.66. The van der Waals surface area contributed by atoms with Crippen LogP contribution in [0.4, 0.5) is 0 Å². The second-order valence-corrected chi connectivity index (χ2v) is 3.98. The van der Waals surface area contributed by atoms with Crippen LogP contribution in [0.25, 0.3) is 0 Å². The van der Waals surface area contributed by atoms with E-state index >= 15 is 0 Å². The summed E-state index contributed by atoms with van der Waals surface area (Å²) in [5.41, 5.74) is 1.48. The van der Waals surface area contributed by atoms with Crippen LogP contribution in [0.3, 0.4) is 0 Å². The summed E-state index contributed by atoms with van der Waals surface area (Å²) in [4.78, 5) is 11.4. The van der Waals surface area contributed by atoms with Crippen molar-refractivity contribution in [2.75, 3.05) is 0 Å². The molecule has 2 N–H and O–H groups in total. The molecule has 0 aromatic heterocycles. The van der Waals surface area contributed by atoms with Gasteiger partial charge in [-0.25, -0.2) is 0 Å². The van der Waals surface area contributed by atoms with Crippen molar-refractivity contribution in [1.29, 1.82) is 5.26 Å². The molecule has 1 atom stereocenters. The van der Waals surface area contributed by atoms with Crippen LogP contribution >= 0.6 is 0 Å². The van der Waals surface area contributed by atoms with E-state index in [9.17, 15) is 4.79 Å². The van der Waals surface area contributed by atoms with Gasteiger partial charge in [-0.15, -0.1) is 0 Å². The number of rotatable bonds is 5. The lowest BCUT2D eigenvalue weighted by Gasteiger charge is -2.06. The molecule has 0 saturated carbocycles. The van der Waals surface area contributed by atoms with Crippen LogP contribution in [0.2, 0.25) is 0 Å². The molecule has 1 aromatic rings. The van der Waals surface area contributed by atoms with Gasteiger partial charge in [0.15, 0.2) is 0 Å². The summed E-state index contributed by atoms with van der Waals surface area (Å²) in [7, 11) is 0. The molecule has 0 fully saturated rings. The van der Waals surface area contributed by atoms with E-state index in [-0.39, 0.29) is 5.91 Å². The number of hydrogen-bond donors (Lipinski definition) is 2. The molecule has 0 bridgehead atoms. The Hall–Kier alpha value is -1.86. The topological polar surface area (TPSA) is 73.1 Å². The van der Waals surface area contributed by atoms with Crippen LogP contribution in [-0.4, -0.2) is 17.1 Å². The number of nitriles is 1. The SMILES string of the molecule is CC(O)CCC(=O)NCc1cccc(C#N)c1. The number of nitrogens with one attached hydrogen (secondary N) is 1. The number of aliphatic hydroxyl groups excluding tert-OH is 1. The number of nitrogens with zero attached hydrogens (tertiary/aromatic N) is 1. The average Bonchev–Trinajstić information content (AvgIpc) is 2.34. The molecule has 4 heteroatoms.